The minimum atomic E-state index is -2.79. The van der Waals surface area contributed by atoms with Gasteiger partial charge in [-0.05, 0) is 25.7 Å². The molecule has 3 rings (SSSR count). The molecule has 23 heavy (non-hydrogen) atoms. The molecule has 5 nitrogen and oxygen atoms in total. The summed E-state index contributed by atoms with van der Waals surface area (Å²) in [6, 6.07) is -0.777. The number of rotatable bonds is 2. The van der Waals surface area contributed by atoms with Gasteiger partial charge >= 0.3 is 0 Å². The largest absolute Gasteiger partial charge is 0.342 e. The third-order valence-electron chi connectivity index (χ3n) is 4.98. The Bertz CT molecular complexity index is 450. The highest BCUT2D eigenvalue weighted by Gasteiger charge is 2.44. The molecule has 1 N–H and O–H groups in total. The number of piperidine rings is 1. The lowest BCUT2D eigenvalue weighted by molar-refractivity contribution is -0.141. The van der Waals surface area contributed by atoms with Gasteiger partial charge in [0.15, 0.2) is 0 Å². The number of hydrogen-bond donors (Lipinski definition) is 1. The Morgan fingerprint density at radius 1 is 0.957 bits per heavy atom. The standard InChI is InChI=1S/C15H23F2N3O2.ClH/c16-15(17)9-12(18-10-15)14(22)20-7-3-11(4-8-20)13(21)19-5-1-2-6-19;/h11-12,18H,1-10H2;1H. The highest BCUT2D eigenvalue weighted by molar-refractivity contribution is 5.85. The van der Waals surface area contributed by atoms with Crippen LogP contribution in [0, 0.1) is 5.92 Å². The van der Waals surface area contributed by atoms with Crippen molar-refractivity contribution in [2.24, 2.45) is 5.92 Å². The zero-order valence-corrected chi connectivity index (χ0v) is 13.9. The van der Waals surface area contributed by atoms with Crippen LogP contribution in [0.5, 0.6) is 0 Å². The highest BCUT2D eigenvalue weighted by Crippen LogP contribution is 2.28. The normalized spacial score (nSPS) is 27.8. The van der Waals surface area contributed by atoms with E-state index in [1.54, 1.807) is 4.90 Å². The van der Waals surface area contributed by atoms with Gasteiger partial charge in [0.25, 0.3) is 5.92 Å². The SMILES string of the molecule is Cl.O=C(C1CCN(C(=O)C2CC(F)(F)CN2)CC1)N1CCCC1. The van der Waals surface area contributed by atoms with E-state index in [-0.39, 0.29) is 30.1 Å². The van der Waals surface area contributed by atoms with Crippen LogP contribution in [0.15, 0.2) is 0 Å². The van der Waals surface area contributed by atoms with Gasteiger partial charge in [-0.3, -0.25) is 14.9 Å². The van der Waals surface area contributed by atoms with Crippen LogP contribution in [0.4, 0.5) is 8.78 Å². The predicted octanol–water partition coefficient (Wildman–Crippen LogP) is 1.27. The van der Waals surface area contributed by atoms with Crippen molar-refractivity contribution in [3.05, 3.63) is 0 Å². The molecule has 3 saturated heterocycles. The molecule has 0 spiro atoms. The monoisotopic (exact) mass is 351 g/mol. The van der Waals surface area contributed by atoms with E-state index in [9.17, 15) is 18.4 Å². The summed E-state index contributed by atoms with van der Waals surface area (Å²) in [6.45, 7) is 2.26. The lowest BCUT2D eigenvalue weighted by Gasteiger charge is -2.34. The summed E-state index contributed by atoms with van der Waals surface area (Å²) in [6.07, 6.45) is 3.02. The average molecular weight is 352 g/mol. The Morgan fingerprint density at radius 3 is 2.04 bits per heavy atom. The first-order valence-electron chi connectivity index (χ1n) is 8.15. The van der Waals surface area contributed by atoms with Crippen LogP contribution in [0.2, 0.25) is 0 Å². The third kappa shape index (κ3) is 4.12. The van der Waals surface area contributed by atoms with Gasteiger partial charge in [0.05, 0.1) is 12.6 Å². The fourth-order valence-corrected chi connectivity index (χ4v) is 3.65. The first kappa shape index (κ1) is 18.4. The maximum atomic E-state index is 13.2. The van der Waals surface area contributed by atoms with Gasteiger partial charge in [-0.2, -0.15) is 0 Å². The van der Waals surface area contributed by atoms with Gasteiger partial charge in [-0.1, -0.05) is 0 Å². The number of amides is 2. The Labute approximate surface area is 141 Å². The number of carbonyl (C=O) groups is 2. The molecule has 3 heterocycles. The Balaban J connectivity index is 0.00000192. The Kier molecular flexibility index (Phi) is 5.84. The second-order valence-corrected chi connectivity index (χ2v) is 6.63. The minimum Gasteiger partial charge on any atom is -0.342 e. The van der Waals surface area contributed by atoms with E-state index in [0.29, 0.717) is 25.9 Å². The molecule has 0 saturated carbocycles. The minimum absolute atomic E-state index is 0. The number of hydrogen-bond acceptors (Lipinski definition) is 3. The van der Waals surface area contributed by atoms with E-state index in [4.69, 9.17) is 0 Å². The molecule has 2 amide bonds. The third-order valence-corrected chi connectivity index (χ3v) is 4.98. The molecule has 1 atom stereocenters. The molecule has 1 unspecified atom stereocenters. The summed E-state index contributed by atoms with van der Waals surface area (Å²) in [7, 11) is 0. The van der Waals surface area contributed by atoms with Gasteiger partial charge in [-0.15, -0.1) is 12.4 Å². The first-order valence-corrected chi connectivity index (χ1v) is 8.15. The molecule has 0 bridgehead atoms. The number of carbonyl (C=O) groups excluding carboxylic acids is 2. The molecule has 0 aromatic carbocycles. The lowest BCUT2D eigenvalue weighted by Crippen LogP contribution is -2.49. The van der Waals surface area contributed by atoms with Crippen molar-refractivity contribution in [3.8, 4) is 0 Å². The molecule has 132 valence electrons. The molecular weight excluding hydrogens is 328 g/mol. The van der Waals surface area contributed by atoms with Gasteiger partial charge in [0.1, 0.15) is 0 Å². The van der Waals surface area contributed by atoms with Crippen LogP contribution >= 0.6 is 12.4 Å². The van der Waals surface area contributed by atoms with E-state index < -0.39 is 24.9 Å². The second kappa shape index (κ2) is 7.30. The summed E-state index contributed by atoms with van der Waals surface area (Å²) in [5, 5.41) is 2.61. The number of alkyl halides is 2. The topological polar surface area (TPSA) is 52.7 Å². The molecule has 0 radical (unpaired) electrons. The van der Waals surface area contributed by atoms with Crippen LogP contribution in [-0.4, -0.2) is 66.3 Å². The van der Waals surface area contributed by atoms with Gasteiger partial charge in [-0.25, -0.2) is 8.78 Å². The zero-order valence-electron chi connectivity index (χ0n) is 13.1. The van der Waals surface area contributed by atoms with E-state index in [1.807, 2.05) is 4.90 Å². The van der Waals surface area contributed by atoms with E-state index in [0.717, 1.165) is 25.9 Å². The van der Waals surface area contributed by atoms with Crippen molar-refractivity contribution < 1.29 is 18.4 Å². The molecule has 0 aliphatic carbocycles. The second-order valence-electron chi connectivity index (χ2n) is 6.63. The fourth-order valence-electron chi connectivity index (χ4n) is 3.65. The van der Waals surface area contributed by atoms with Crippen molar-refractivity contribution in [1.29, 1.82) is 0 Å². The molecule has 3 aliphatic rings. The van der Waals surface area contributed by atoms with Crippen LogP contribution in [-0.2, 0) is 9.59 Å². The molecule has 0 aromatic rings. The molecule has 3 aliphatic heterocycles. The number of nitrogens with zero attached hydrogens (tertiary/aromatic N) is 2. The first-order chi connectivity index (χ1) is 10.5. The Hall–Kier alpha value is -0.950. The van der Waals surface area contributed by atoms with Crippen molar-refractivity contribution >= 4 is 24.2 Å². The van der Waals surface area contributed by atoms with E-state index in [2.05, 4.69) is 5.32 Å². The molecule has 0 aromatic heterocycles. The summed E-state index contributed by atoms with van der Waals surface area (Å²) >= 11 is 0. The van der Waals surface area contributed by atoms with Crippen LogP contribution in [0.1, 0.15) is 32.1 Å². The molecule has 3 fully saturated rings. The van der Waals surface area contributed by atoms with Gasteiger partial charge < -0.3 is 9.80 Å². The predicted molar refractivity (Wildman–Crippen MR) is 83.7 cm³/mol. The van der Waals surface area contributed by atoms with Crippen molar-refractivity contribution in [3.63, 3.8) is 0 Å². The summed E-state index contributed by atoms with van der Waals surface area (Å²) in [4.78, 5) is 28.1. The summed E-state index contributed by atoms with van der Waals surface area (Å²) < 4.78 is 26.4. The maximum Gasteiger partial charge on any atom is 0.262 e. The lowest BCUT2D eigenvalue weighted by atomic mass is 9.94. The molecule has 8 heteroatoms. The highest BCUT2D eigenvalue weighted by atomic mass is 35.5. The fraction of sp³-hybridized carbons (Fsp3) is 0.867. The van der Waals surface area contributed by atoms with Crippen molar-refractivity contribution in [1.82, 2.24) is 15.1 Å². The van der Waals surface area contributed by atoms with E-state index in [1.165, 1.54) is 0 Å². The van der Waals surface area contributed by atoms with Gasteiger partial charge in [0.2, 0.25) is 11.8 Å². The average Bonchev–Trinajstić information content (AvgIpc) is 3.15. The van der Waals surface area contributed by atoms with Gasteiger partial charge in [0, 0.05) is 38.5 Å². The number of likely N-dealkylation sites (tertiary alicyclic amines) is 2. The maximum absolute atomic E-state index is 13.2. The Morgan fingerprint density at radius 2 is 1.52 bits per heavy atom. The number of halogens is 3. The van der Waals surface area contributed by atoms with Crippen LogP contribution < -0.4 is 5.32 Å². The summed E-state index contributed by atoms with van der Waals surface area (Å²) in [5.41, 5.74) is 0. The van der Waals surface area contributed by atoms with Crippen LogP contribution in [0.3, 0.4) is 0 Å². The van der Waals surface area contributed by atoms with Crippen molar-refractivity contribution in [2.45, 2.75) is 44.1 Å². The smallest absolute Gasteiger partial charge is 0.262 e. The quantitative estimate of drug-likeness (QED) is 0.815. The van der Waals surface area contributed by atoms with Crippen molar-refractivity contribution in [2.75, 3.05) is 32.7 Å². The van der Waals surface area contributed by atoms with E-state index >= 15 is 0 Å². The zero-order chi connectivity index (χ0) is 15.7. The number of nitrogens with one attached hydrogen (secondary N) is 1. The van der Waals surface area contributed by atoms with Crippen LogP contribution in [0.25, 0.3) is 0 Å². The molecular formula is C15H24ClF2N3O2. The summed E-state index contributed by atoms with van der Waals surface area (Å²) in [5.74, 6) is -2.84.